The van der Waals surface area contributed by atoms with Crippen LogP contribution in [-0.2, 0) is 6.54 Å². The number of benzene rings is 2. The lowest BCUT2D eigenvalue weighted by Crippen LogP contribution is -3.13. The summed E-state index contributed by atoms with van der Waals surface area (Å²) in [6.07, 6.45) is 1.73. The van der Waals surface area contributed by atoms with Crippen molar-refractivity contribution in [2.75, 3.05) is 26.2 Å². The fourth-order valence-electron chi connectivity index (χ4n) is 2.93. The Hall–Kier alpha value is -1.37. The van der Waals surface area contributed by atoms with Gasteiger partial charge in [-0.15, -0.1) is 0 Å². The molecule has 3 rings (SSSR count). The van der Waals surface area contributed by atoms with Crippen molar-refractivity contribution in [3.8, 4) is 5.75 Å². The monoisotopic (exact) mass is 466 g/mol. The van der Waals surface area contributed by atoms with Gasteiger partial charge in [-0.25, -0.2) is 0 Å². The highest BCUT2D eigenvalue weighted by Gasteiger charge is 2.18. The number of aromatic hydroxyl groups is 1. The van der Waals surface area contributed by atoms with Gasteiger partial charge in [-0.2, -0.15) is 5.10 Å². The van der Waals surface area contributed by atoms with Crippen LogP contribution in [0.25, 0.3) is 0 Å². The van der Waals surface area contributed by atoms with Crippen LogP contribution in [0, 0.1) is 6.92 Å². The fourth-order valence-corrected chi connectivity index (χ4v) is 4.18. The normalized spacial score (nSPS) is 15.9. The van der Waals surface area contributed by atoms with Crippen molar-refractivity contribution < 1.29 is 10.0 Å². The van der Waals surface area contributed by atoms with Crippen LogP contribution < -0.4 is 4.90 Å². The minimum atomic E-state index is 0.218. The summed E-state index contributed by atoms with van der Waals surface area (Å²) in [4.78, 5) is 1.59. The smallest absolute Gasteiger partial charge is 0.138 e. The summed E-state index contributed by atoms with van der Waals surface area (Å²) < 4.78 is 1.57. The Morgan fingerprint density at radius 2 is 1.84 bits per heavy atom. The number of phenols is 1. The summed E-state index contributed by atoms with van der Waals surface area (Å²) in [5.74, 6) is 0.218. The van der Waals surface area contributed by atoms with Gasteiger partial charge >= 0.3 is 0 Å². The van der Waals surface area contributed by atoms with Crippen LogP contribution in [-0.4, -0.2) is 42.5 Å². The lowest BCUT2D eigenvalue weighted by atomic mass is 10.1. The van der Waals surface area contributed by atoms with Crippen LogP contribution >= 0.6 is 31.9 Å². The third kappa shape index (κ3) is 5.06. The molecule has 132 valence electrons. The third-order valence-corrected chi connectivity index (χ3v) is 5.50. The van der Waals surface area contributed by atoms with E-state index in [2.05, 4.69) is 73.2 Å². The molecule has 1 fully saturated rings. The second-order valence-electron chi connectivity index (χ2n) is 6.44. The molecule has 0 amide bonds. The lowest BCUT2D eigenvalue weighted by Gasteiger charge is -2.30. The molecule has 2 N–H and O–H groups in total. The Bertz CT molecular complexity index is 754. The van der Waals surface area contributed by atoms with Crippen molar-refractivity contribution in [3.63, 3.8) is 0 Å². The molecule has 0 aromatic heterocycles. The summed E-state index contributed by atoms with van der Waals surface area (Å²) >= 11 is 6.79. The molecule has 4 nitrogen and oxygen atoms in total. The lowest BCUT2D eigenvalue weighted by molar-refractivity contribution is -0.918. The SMILES string of the molecule is Cc1ccc(C[NH+]2CCN(/N=C/c3cc(Br)cc(Br)c3O)CC2)cc1. The summed E-state index contributed by atoms with van der Waals surface area (Å²) in [7, 11) is 0. The molecule has 1 aliphatic heterocycles. The molecule has 2 aromatic carbocycles. The zero-order valence-electron chi connectivity index (χ0n) is 14.2. The average Bonchev–Trinajstić information content (AvgIpc) is 2.60. The summed E-state index contributed by atoms with van der Waals surface area (Å²) in [6.45, 7) is 7.17. The van der Waals surface area contributed by atoms with Crippen LogP contribution in [0.15, 0.2) is 50.4 Å². The molecule has 0 bridgehead atoms. The maximum absolute atomic E-state index is 10.1. The van der Waals surface area contributed by atoms with E-state index in [1.165, 1.54) is 11.1 Å². The van der Waals surface area contributed by atoms with Gasteiger partial charge in [-0.05, 0) is 35.0 Å². The second kappa shape index (κ2) is 8.34. The molecule has 0 atom stereocenters. The van der Waals surface area contributed by atoms with Crippen molar-refractivity contribution in [1.82, 2.24) is 5.01 Å². The first-order valence-corrected chi connectivity index (χ1v) is 9.96. The molecule has 0 spiro atoms. The maximum atomic E-state index is 10.1. The Morgan fingerprint density at radius 3 is 2.52 bits per heavy atom. The van der Waals surface area contributed by atoms with Gasteiger partial charge in [0.25, 0.3) is 0 Å². The van der Waals surface area contributed by atoms with E-state index in [0.717, 1.165) is 37.2 Å². The number of quaternary nitrogens is 1. The van der Waals surface area contributed by atoms with Crippen LogP contribution in [0.4, 0.5) is 0 Å². The van der Waals surface area contributed by atoms with Crippen LogP contribution in [0.2, 0.25) is 0 Å². The van der Waals surface area contributed by atoms with E-state index in [4.69, 9.17) is 0 Å². The zero-order chi connectivity index (χ0) is 17.8. The summed E-state index contributed by atoms with van der Waals surface area (Å²) in [5.41, 5.74) is 3.40. The van der Waals surface area contributed by atoms with Gasteiger partial charge in [0.05, 0.1) is 36.9 Å². The predicted octanol–water partition coefficient (Wildman–Crippen LogP) is 2.96. The van der Waals surface area contributed by atoms with Gasteiger partial charge in [-0.3, -0.25) is 5.01 Å². The van der Waals surface area contributed by atoms with Crippen LogP contribution in [0.1, 0.15) is 16.7 Å². The Kier molecular flexibility index (Phi) is 6.15. The third-order valence-electron chi connectivity index (χ3n) is 4.44. The van der Waals surface area contributed by atoms with E-state index in [1.54, 1.807) is 11.1 Å². The first-order valence-electron chi connectivity index (χ1n) is 8.37. The minimum Gasteiger partial charge on any atom is -0.506 e. The quantitative estimate of drug-likeness (QED) is 0.678. The standard InChI is InChI=1S/C19H21Br2N3O/c1-14-2-4-15(5-3-14)13-23-6-8-24(9-7-23)22-12-16-10-17(20)11-18(21)19(16)25/h2-5,10-12,25H,6-9,13H2,1H3/p+1/b22-12+. The molecule has 1 saturated heterocycles. The number of halogens is 2. The van der Waals surface area contributed by atoms with Gasteiger partial charge in [0.2, 0.25) is 0 Å². The molecule has 6 heteroatoms. The molecule has 25 heavy (non-hydrogen) atoms. The molecule has 0 radical (unpaired) electrons. The van der Waals surface area contributed by atoms with Gasteiger partial charge in [0.1, 0.15) is 12.3 Å². The highest BCUT2D eigenvalue weighted by atomic mass is 79.9. The minimum absolute atomic E-state index is 0.218. The number of hydrogen-bond acceptors (Lipinski definition) is 3. The molecule has 0 saturated carbocycles. The zero-order valence-corrected chi connectivity index (χ0v) is 17.3. The molecule has 1 heterocycles. The molecular formula is C19H22Br2N3O+. The van der Waals surface area contributed by atoms with Crippen LogP contribution in [0.3, 0.4) is 0 Å². The number of hydrazone groups is 1. The van der Waals surface area contributed by atoms with Crippen LogP contribution in [0.5, 0.6) is 5.75 Å². The second-order valence-corrected chi connectivity index (χ2v) is 8.21. The fraction of sp³-hybridized carbons (Fsp3) is 0.316. The number of piperazine rings is 1. The van der Waals surface area contributed by atoms with E-state index in [9.17, 15) is 5.11 Å². The average molecular weight is 468 g/mol. The first-order chi connectivity index (χ1) is 12.0. The Morgan fingerprint density at radius 1 is 1.16 bits per heavy atom. The Labute approximate surface area is 165 Å². The van der Waals surface area contributed by atoms with Crippen molar-refractivity contribution in [3.05, 3.63) is 62.0 Å². The van der Waals surface area contributed by atoms with E-state index in [0.29, 0.717) is 10.0 Å². The Balaban J connectivity index is 1.55. The van der Waals surface area contributed by atoms with Crippen molar-refractivity contribution in [1.29, 1.82) is 0 Å². The van der Waals surface area contributed by atoms with Crippen molar-refractivity contribution >= 4 is 38.1 Å². The van der Waals surface area contributed by atoms with E-state index in [1.807, 2.05) is 12.1 Å². The number of phenolic OH excluding ortho intramolecular Hbond substituents is 1. The van der Waals surface area contributed by atoms with Gasteiger partial charge < -0.3 is 10.0 Å². The first kappa shape index (κ1) is 18.4. The highest BCUT2D eigenvalue weighted by Crippen LogP contribution is 2.30. The number of nitrogens with one attached hydrogen (secondary N) is 1. The largest absolute Gasteiger partial charge is 0.506 e. The maximum Gasteiger partial charge on any atom is 0.138 e. The molecule has 0 aliphatic carbocycles. The molecule has 2 aromatic rings. The molecular weight excluding hydrogens is 446 g/mol. The van der Waals surface area contributed by atoms with Gasteiger partial charge in [0, 0.05) is 15.6 Å². The number of aryl methyl sites for hydroxylation is 1. The number of rotatable bonds is 4. The number of nitrogens with zero attached hydrogens (tertiary/aromatic N) is 2. The summed E-state index contributed by atoms with van der Waals surface area (Å²) in [6, 6.07) is 12.5. The number of hydrogen-bond donors (Lipinski definition) is 2. The highest BCUT2D eigenvalue weighted by molar-refractivity contribution is 9.11. The topological polar surface area (TPSA) is 40.3 Å². The van der Waals surface area contributed by atoms with Gasteiger partial charge in [-0.1, -0.05) is 45.8 Å². The van der Waals surface area contributed by atoms with E-state index < -0.39 is 0 Å². The summed E-state index contributed by atoms with van der Waals surface area (Å²) in [5, 5.41) is 16.7. The predicted molar refractivity (Wildman–Crippen MR) is 108 cm³/mol. The van der Waals surface area contributed by atoms with E-state index >= 15 is 0 Å². The van der Waals surface area contributed by atoms with E-state index in [-0.39, 0.29) is 5.75 Å². The van der Waals surface area contributed by atoms with Gasteiger partial charge in [0.15, 0.2) is 0 Å². The molecule has 0 unspecified atom stereocenters. The molecule has 1 aliphatic rings. The van der Waals surface area contributed by atoms with Crippen molar-refractivity contribution in [2.24, 2.45) is 5.10 Å². The van der Waals surface area contributed by atoms with Crippen molar-refractivity contribution in [2.45, 2.75) is 13.5 Å².